The highest BCUT2D eigenvalue weighted by molar-refractivity contribution is 5.92. The van der Waals surface area contributed by atoms with Gasteiger partial charge in [0, 0.05) is 25.0 Å². The fourth-order valence-corrected chi connectivity index (χ4v) is 2.83. The number of aromatic nitrogens is 2. The van der Waals surface area contributed by atoms with Crippen molar-refractivity contribution in [2.45, 2.75) is 32.6 Å². The summed E-state index contributed by atoms with van der Waals surface area (Å²) in [6, 6.07) is 9.68. The van der Waals surface area contributed by atoms with E-state index in [9.17, 15) is 4.79 Å². The van der Waals surface area contributed by atoms with Gasteiger partial charge in [-0.05, 0) is 43.5 Å². The average molecular weight is 310 g/mol. The average Bonchev–Trinajstić information content (AvgIpc) is 2.84. The predicted molar refractivity (Wildman–Crippen MR) is 90.9 cm³/mol. The molecule has 0 atom stereocenters. The van der Waals surface area contributed by atoms with E-state index in [4.69, 9.17) is 0 Å². The molecule has 1 aliphatic rings. The second-order valence-corrected chi connectivity index (χ2v) is 5.97. The third-order valence-electron chi connectivity index (χ3n) is 4.04. The normalized spacial score (nSPS) is 15.1. The minimum absolute atomic E-state index is 0.00147. The summed E-state index contributed by atoms with van der Waals surface area (Å²) >= 11 is 0. The van der Waals surface area contributed by atoms with E-state index < -0.39 is 0 Å². The van der Waals surface area contributed by atoms with Crippen molar-refractivity contribution in [3.8, 4) is 0 Å². The smallest absolute Gasteiger partial charge is 0.272 e. The lowest BCUT2D eigenvalue weighted by molar-refractivity contribution is 0.0755. The monoisotopic (exact) mass is 310 g/mol. The van der Waals surface area contributed by atoms with Crippen LogP contribution in [0.4, 0.5) is 11.6 Å². The van der Waals surface area contributed by atoms with Crippen LogP contribution in [-0.2, 0) is 0 Å². The quantitative estimate of drug-likeness (QED) is 0.942. The maximum atomic E-state index is 12.6. The van der Waals surface area contributed by atoms with Crippen molar-refractivity contribution < 1.29 is 4.79 Å². The first-order chi connectivity index (χ1) is 11.2. The molecule has 0 unspecified atom stereocenters. The molecule has 2 heterocycles. The number of nitrogens with zero attached hydrogens (tertiary/aromatic N) is 3. The van der Waals surface area contributed by atoms with Gasteiger partial charge in [-0.15, -0.1) is 0 Å². The Hall–Kier alpha value is -2.43. The lowest BCUT2D eigenvalue weighted by atomic mass is 10.2. The summed E-state index contributed by atoms with van der Waals surface area (Å²) in [5.41, 5.74) is 2.54. The summed E-state index contributed by atoms with van der Waals surface area (Å²) in [6.45, 7) is 3.68. The molecule has 1 aromatic carbocycles. The van der Waals surface area contributed by atoms with Gasteiger partial charge in [0.15, 0.2) is 0 Å². The number of nitrogens with one attached hydrogen (secondary N) is 1. The summed E-state index contributed by atoms with van der Waals surface area (Å²) in [5.74, 6) is 0.456. The molecule has 2 aromatic rings. The van der Waals surface area contributed by atoms with Crippen molar-refractivity contribution in [2.24, 2.45) is 0 Å². The Morgan fingerprint density at radius 1 is 1.13 bits per heavy atom. The fourth-order valence-electron chi connectivity index (χ4n) is 2.83. The minimum atomic E-state index is 0.00147. The first kappa shape index (κ1) is 15.5. The van der Waals surface area contributed by atoms with E-state index in [1.165, 1.54) is 12.8 Å². The van der Waals surface area contributed by atoms with Crippen LogP contribution in [0.15, 0.2) is 36.5 Å². The molecule has 3 rings (SSSR count). The van der Waals surface area contributed by atoms with Crippen LogP contribution in [-0.4, -0.2) is 33.9 Å². The van der Waals surface area contributed by atoms with E-state index in [-0.39, 0.29) is 5.91 Å². The zero-order chi connectivity index (χ0) is 16.1. The number of likely N-dealkylation sites (tertiary alicyclic amines) is 1. The molecule has 0 spiro atoms. The molecule has 23 heavy (non-hydrogen) atoms. The van der Waals surface area contributed by atoms with Crippen LogP contribution in [0.1, 0.15) is 41.7 Å². The molecular weight excluding hydrogens is 288 g/mol. The molecule has 5 heteroatoms. The van der Waals surface area contributed by atoms with E-state index in [0.717, 1.165) is 37.2 Å². The Morgan fingerprint density at radius 2 is 1.91 bits per heavy atom. The Labute approximate surface area is 136 Å². The van der Waals surface area contributed by atoms with Gasteiger partial charge in [-0.3, -0.25) is 4.79 Å². The van der Waals surface area contributed by atoms with Crippen molar-refractivity contribution in [3.63, 3.8) is 0 Å². The molecule has 0 radical (unpaired) electrons. The van der Waals surface area contributed by atoms with Gasteiger partial charge in [0.05, 0.1) is 0 Å². The number of carbonyl (C=O) groups is 1. The van der Waals surface area contributed by atoms with Gasteiger partial charge < -0.3 is 10.2 Å². The van der Waals surface area contributed by atoms with E-state index in [1.54, 1.807) is 12.3 Å². The summed E-state index contributed by atoms with van der Waals surface area (Å²) in [7, 11) is 0. The molecule has 0 bridgehead atoms. The van der Waals surface area contributed by atoms with Crippen molar-refractivity contribution in [1.29, 1.82) is 0 Å². The number of carbonyl (C=O) groups excluding carboxylic acids is 1. The molecule has 5 nitrogen and oxygen atoms in total. The van der Waals surface area contributed by atoms with Crippen LogP contribution >= 0.6 is 0 Å². The summed E-state index contributed by atoms with van der Waals surface area (Å²) < 4.78 is 0. The van der Waals surface area contributed by atoms with Gasteiger partial charge in [-0.2, -0.15) is 0 Å². The van der Waals surface area contributed by atoms with Crippen LogP contribution in [0.25, 0.3) is 0 Å². The fraction of sp³-hybridized carbons (Fsp3) is 0.389. The van der Waals surface area contributed by atoms with Gasteiger partial charge in [0.2, 0.25) is 5.95 Å². The lowest BCUT2D eigenvalue weighted by Gasteiger charge is -2.19. The largest absolute Gasteiger partial charge is 0.337 e. The third-order valence-corrected chi connectivity index (χ3v) is 4.04. The molecule has 1 aliphatic heterocycles. The predicted octanol–water partition coefficient (Wildman–Crippen LogP) is 3.54. The number of hydrogen-bond acceptors (Lipinski definition) is 4. The second-order valence-electron chi connectivity index (χ2n) is 5.97. The van der Waals surface area contributed by atoms with Gasteiger partial charge >= 0.3 is 0 Å². The minimum Gasteiger partial charge on any atom is -0.337 e. The standard InChI is InChI=1S/C18H22N4O/c1-14-7-6-8-15(13-14)20-18-19-10-9-16(21-18)17(23)22-11-4-2-3-5-12-22/h6-10,13H,2-5,11-12H2,1H3,(H,19,20,21). The van der Waals surface area contributed by atoms with Crippen LogP contribution in [0.2, 0.25) is 0 Å². The van der Waals surface area contributed by atoms with Crippen molar-refractivity contribution >= 4 is 17.5 Å². The van der Waals surface area contributed by atoms with Gasteiger partial charge in [-0.1, -0.05) is 25.0 Å². The Balaban J connectivity index is 1.75. The van der Waals surface area contributed by atoms with Crippen molar-refractivity contribution in [3.05, 3.63) is 47.8 Å². The summed E-state index contributed by atoms with van der Waals surface area (Å²) in [6.07, 6.45) is 6.19. The van der Waals surface area contributed by atoms with E-state index in [1.807, 2.05) is 36.1 Å². The Kier molecular flexibility index (Phi) is 4.86. The molecular formula is C18H22N4O. The summed E-state index contributed by atoms with van der Waals surface area (Å²) in [5, 5.41) is 3.16. The zero-order valence-corrected chi connectivity index (χ0v) is 13.5. The van der Waals surface area contributed by atoms with Gasteiger partial charge in [0.1, 0.15) is 5.69 Å². The molecule has 1 amide bonds. The Morgan fingerprint density at radius 3 is 2.65 bits per heavy atom. The number of hydrogen-bond donors (Lipinski definition) is 1. The molecule has 0 saturated carbocycles. The number of amides is 1. The van der Waals surface area contributed by atoms with Crippen LogP contribution < -0.4 is 5.32 Å². The highest BCUT2D eigenvalue weighted by Crippen LogP contribution is 2.16. The first-order valence-electron chi connectivity index (χ1n) is 8.18. The van der Waals surface area contributed by atoms with Crippen molar-refractivity contribution in [2.75, 3.05) is 18.4 Å². The zero-order valence-electron chi connectivity index (χ0n) is 13.5. The van der Waals surface area contributed by atoms with Gasteiger partial charge in [-0.25, -0.2) is 9.97 Å². The number of benzene rings is 1. The maximum absolute atomic E-state index is 12.6. The number of anilines is 2. The van der Waals surface area contributed by atoms with E-state index >= 15 is 0 Å². The van der Waals surface area contributed by atoms with Crippen LogP contribution in [0, 0.1) is 6.92 Å². The third kappa shape index (κ3) is 4.06. The summed E-state index contributed by atoms with van der Waals surface area (Å²) in [4.78, 5) is 23.1. The SMILES string of the molecule is Cc1cccc(Nc2nccc(C(=O)N3CCCCCC3)n2)c1. The Bertz CT molecular complexity index is 678. The second kappa shape index (κ2) is 7.22. The molecule has 1 N–H and O–H groups in total. The van der Waals surface area contributed by atoms with E-state index in [2.05, 4.69) is 15.3 Å². The molecule has 120 valence electrons. The highest BCUT2D eigenvalue weighted by atomic mass is 16.2. The number of aryl methyl sites for hydroxylation is 1. The molecule has 0 aliphatic carbocycles. The molecule has 1 fully saturated rings. The van der Waals surface area contributed by atoms with Crippen LogP contribution in [0.3, 0.4) is 0 Å². The maximum Gasteiger partial charge on any atom is 0.272 e. The lowest BCUT2D eigenvalue weighted by Crippen LogP contribution is -2.32. The molecule has 1 saturated heterocycles. The highest BCUT2D eigenvalue weighted by Gasteiger charge is 2.18. The van der Waals surface area contributed by atoms with E-state index in [0.29, 0.717) is 11.6 Å². The molecule has 1 aromatic heterocycles. The topological polar surface area (TPSA) is 58.1 Å². The number of rotatable bonds is 3. The van der Waals surface area contributed by atoms with Crippen LogP contribution in [0.5, 0.6) is 0 Å². The van der Waals surface area contributed by atoms with Gasteiger partial charge in [0.25, 0.3) is 5.91 Å². The van der Waals surface area contributed by atoms with Crippen molar-refractivity contribution in [1.82, 2.24) is 14.9 Å². The first-order valence-corrected chi connectivity index (χ1v) is 8.18.